The van der Waals surface area contributed by atoms with Crippen molar-refractivity contribution in [3.05, 3.63) is 59.3 Å². The highest BCUT2D eigenvalue weighted by atomic mass is 16.5. The topological polar surface area (TPSA) is 93.2 Å². The average Bonchev–Trinajstić information content (AvgIpc) is 3.26. The zero-order valence-corrected chi connectivity index (χ0v) is 13.8. The molecule has 1 amide bonds. The number of carbonyl (C=O) groups excluding carboxylic acids is 1. The van der Waals surface area contributed by atoms with Crippen molar-refractivity contribution in [2.75, 3.05) is 6.61 Å². The number of hydrogen-bond acceptors (Lipinski definition) is 5. The van der Waals surface area contributed by atoms with E-state index in [1.165, 1.54) is 5.56 Å². The summed E-state index contributed by atoms with van der Waals surface area (Å²) in [5.74, 6) is 0.303. The second-order valence-corrected chi connectivity index (χ2v) is 6.13. The monoisotopic (exact) mass is 338 g/mol. The van der Waals surface area contributed by atoms with Crippen molar-refractivity contribution in [1.29, 1.82) is 0 Å². The molecule has 3 aromatic rings. The number of aromatic nitrogens is 3. The third-order valence-corrected chi connectivity index (χ3v) is 4.61. The summed E-state index contributed by atoms with van der Waals surface area (Å²) in [5.41, 5.74) is 4.00. The lowest BCUT2D eigenvalue weighted by Gasteiger charge is -2.17. The van der Waals surface area contributed by atoms with Crippen molar-refractivity contribution in [2.45, 2.75) is 18.9 Å². The molecule has 2 aromatic heterocycles. The van der Waals surface area contributed by atoms with Crippen LogP contribution in [0.3, 0.4) is 0 Å². The standard InChI is InChI=1S/C18H18N4O3/c1-22-10-19-8-15(22)14(9-23)20-18(24)16-13-7-6-11-4-2-3-5-12(11)17(13)25-21-16/h2-5,8,10,14,23H,6-7,9H2,1H3,(H,20,24). The number of rotatable bonds is 4. The van der Waals surface area contributed by atoms with Crippen LogP contribution in [0, 0.1) is 0 Å². The molecule has 0 spiro atoms. The van der Waals surface area contributed by atoms with Gasteiger partial charge in [-0.05, 0) is 18.4 Å². The Morgan fingerprint density at radius 2 is 2.24 bits per heavy atom. The van der Waals surface area contributed by atoms with Gasteiger partial charge < -0.3 is 19.5 Å². The minimum Gasteiger partial charge on any atom is -0.394 e. The van der Waals surface area contributed by atoms with Crippen molar-refractivity contribution in [3.63, 3.8) is 0 Å². The molecule has 2 N–H and O–H groups in total. The summed E-state index contributed by atoms with van der Waals surface area (Å²) in [7, 11) is 1.81. The van der Waals surface area contributed by atoms with E-state index < -0.39 is 6.04 Å². The first-order chi connectivity index (χ1) is 12.2. The van der Waals surface area contributed by atoms with Gasteiger partial charge in [0, 0.05) is 18.2 Å². The van der Waals surface area contributed by atoms with Gasteiger partial charge in [0.05, 0.1) is 30.9 Å². The van der Waals surface area contributed by atoms with Crippen molar-refractivity contribution < 1.29 is 14.4 Å². The first-order valence-electron chi connectivity index (χ1n) is 8.13. The van der Waals surface area contributed by atoms with Crippen LogP contribution in [0.2, 0.25) is 0 Å². The van der Waals surface area contributed by atoms with Gasteiger partial charge in [-0.1, -0.05) is 29.4 Å². The Balaban J connectivity index is 1.63. The van der Waals surface area contributed by atoms with Crippen LogP contribution in [0.1, 0.15) is 33.4 Å². The minimum atomic E-state index is -0.553. The van der Waals surface area contributed by atoms with Crippen LogP contribution in [0.4, 0.5) is 0 Å². The maximum Gasteiger partial charge on any atom is 0.274 e. The molecule has 0 fully saturated rings. The van der Waals surface area contributed by atoms with E-state index in [0.29, 0.717) is 12.2 Å². The fraction of sp³-hybridized carbons (Fsp3) is 0.278. The largest absolute Gasteiger partial charge is 0.394 e. The molecule has 0 radical (unpaired) electrons. The van der Waals surface area contributed by atoms with E-state index in [0.717, 1.165) is 23.2 Å². The Hall–Kier alpha value is -2.93. The zero-order valence-electron chi connectivity index (χ0n) is 13.8. The van der Waals surface area contributed by atoms with Crippen LogP contribution in [-0.2, 0) is 19.9 Å². The van der Waals surface area contributed by atoms with Crippen molar-refractivity contribution >= 4 is 5.91 Å². The highest BCUT2D eigenvalue weighted by molar-refractivity contribution is 5.95. The van der Waals surface area contributed by atoms with Crippen LogP contribution < -0.4 is 5.32 Å². The quantitative estimate of drug-likeness (QED) is 0.754. The molecular weight excluding hydrogens is 320 g/mol. The molecule has 0 aliphatic heterocycles. The van der Waals surface area contributed by atoms with Gasteiger partial charge in [0.15, 0.2) is 11.5 Å². The highest BCUT2D eigenvalue weighted by Crippen LogP contribution is 2.35. The zero-order chi connectivity index (χ0) is 17.4. The number of aliphatic hydroxyl groups is 1. The lowest BCUT2D eigenvalue weighted by atomic mass is 9.89. The van der Waals surface area contributed by atoms with E-state index in [-0.39, 0.29) is 18.2 Å². The van der Waals surface area contributed by atoms with Crippen LogP contribution in [0.5, 0.6) is 0 Å². The third-order valence-electron chi connectivity index (χ3n) is 4.61. The van der Waals surface area contributed by atoms with Crippen molar-refractivity contribution in [2.24, 2.45) is 7.05 Å². The SMILES string of the molecule is Cn1cncc1C(CO)NC(=O)c1noc2c1CCc1ccccc1-2. The number of nitrogens with one attached hydrogen (secondary N) is 1. The Bertz CT molecular complexity index is 928. The van der Waals surface area contributed by atoms with Crippen LogP contribution in [0.25, 0.3) is 11.3 Å². The molecule has 1 aromatic carbocycles. The number of imidazole rings is 1. The molecule has 1 unspecified atom stereocenters. The molecule has 0 saturated heterocycles. The second kappa shape index (κ2) is 6.18. The van der Waals surface area contributed by atoms with Crippen molar-refractivity contribution in [3.8, 4) is 11.3 Å². The summed E-state index contributed by atoms with van der Waals surface area (Å²) in [4.78, 5) is 16.7. The molecule has 1 aliphatic carbocycles. The Kier molecular flexibility index (Phi) is 3.85. The Morgan fingerprint density at radius 1 is 1.40 bits per heavy atom. The first-order valence-corrected chi connectivity index (χ1v) is 8.13. The number of nitrogens with zero attached hydrogens (tertiary/aromatic N) is 3. The van der Waals surface area contributed by atoms with Gasteiger partial charge in [-0.2, -0.15) is 0 Å². The molecule has 4 rings (SSSR count). The predicted molar refractivity (Wildman–Crippen MR) is 89.8 cm³/mol. The normalized spacial score (nSPS) is 13.8. The van der Waals surface area contributed by atoms with Gasteiger partial charge >= 0.3 is 0 Å². The maximum atomic E-state index is 12.7. The van der Waals surface area contributed by atoms with E-state index in [4.69, 9.17) is 4.52 Å². The average molecular weight is 338 g/mol. The number of fused-ring (bicyclic) bond motifs is 3. The Labute approximate surface area is 144 Å². The van der Waals surface area contributed by atoms with Gasteiger partial charge in [0.25, 0.3) is 5.91 Å². The van der Waals surface area contributed by atoms with Crippen molar-refractivity contribution in [1.82, 2.24) is 20.0 Å². The fourth-order valence-electron chi connectivity index (χ4n) is 3.29. The maximum absolute atomic E-state index is 12.7. The fourth-order valence-corrected chi connectivity index (χ4v) is 3.29. The predicted octanol–water partition coefficient (Wildman–Crippen LogP) is 1.64. The molecule has 0 saturated carbocycles. The van der Waals surface area contributed by atoms with Crippen LogP contribution in [0.15, 0.2) is 41.3 Å². The van der Waals surface area contributed by atoms with Gasteiger partial charge in [-0.3, -0.25) is 4.79 Å². The molecular formula is C18H18N4O3. The summed E-state index contributed by atoms with van der Waals surface area (Å²) in [6, 6.07) is 7.42. The summed E-state index contributed by atoms with van der Waals surface area (Å²) in [6.45, 7) is -0.228. The van der Waals surface area contributed by atoms with Gasteiger partial charge in [0.2, 0.25) is 0 Å². The lowest BCUT2D eigenvalue weighted by molar-refractivity contribution is 0.0904. The number of aryl methyl sites for hydroxylation is 2. The summed E-state index contributed by atoms with van der Waals surface area (Å²) >= 11 is 0. The minimum absolute atomic E-state index is 0.228. The summed E-state index contributed by atoms with van der Waals surface area (Å²) in [5, 5.41) is 16.4. The molecule has 128 valence electrons. The summed E-state index contributed by atoms with van der Waals surface area (Å²) < 4.78 is 7.23. The van der Waals surface area contributed by atoms with Gasteiger partial charge in [-0.25, -0.2) is 4.98 Å². The number of amides is 1. The number of aliphatic hydroxyl groups excluding tert-OH is 1. The molecule has 0 bridgehead atoms. The molecule has 7 heteroatoms. The first kappa shape index (κ1) is 15.6. The third kappa shape index (κ3) is 2.62. The molecule has 25 heavy (non-hydrogen) atoms. The highest BCUT2D eigenvalue weighted by Gasteiger charge is 2.28. The molecule has 1 aliphatic rings. The lowest BCUT2D eigenvalue weighted by Crippen LogP contribution is -2.32. The van der Waals surface area contributed by atoms with E-state index >= 15 is 0 Å². The summed E-state index contributed by atoms with van der Waals surface area (Å²) in [6.07, 6.45) is 4.79. The number of hydrogen-bond donors (Lipinski definition) is 2. The van der Waals surface area contributed by atoms with E-state index in [2.05, 4.69) is 21.5 Å². The van der Waals surface area contributed by atoms with E-state index in [1.807, 2.05) is 25.2 Å². The van der Waals surface area contributed by atoms with Crippen LogP contribution >= 0.6 is 0 Å². The number of benzene rings is 1. The van der Waals surface area contributed by atoms with Gasteiger partial charge in [-0.15, -0.1) is 0 Å². The molecule has 1 atom stereocenters. The number of carbonyl (C=O) groups is 1. The second-order valence-electron chi connectivity index (χ2n) is 6.13. The smallest absolute Gasteiger partial charge is 0.274 e. The van der Waals surface area contributed by atoms with E-state index in [1.54, 1.807) is 17.1 Å². The Morgan fingerprint density at radius 3 is 3.00 bits per heavy atom. The van der Waals surface area contributed by atoms with Crippen LogP contribution in [-0.4, -0.2) is 32.3 Å². The van der Waals surface area contributed by atoms with E-state index in [9.17, 15) is 9.90 Å². The molecule has 2 heterocycles. The van der Waals surface area contributed by atoms with Gasteiger partial charge in [0.1, 0.15) is 0 Å². The molecule has 7 nitrogen and oxygen atoms in total.